The Morgan fingerprint density at radius 2 is 1.73 bits per heavy atom. The van der Waals surface area contributed by atoms with Gasteiger partial charge in [-0.2, -0.15) is 18.2 Å². The summed E-state index contributed by atoms with van der Waals surface area (Å²) in [5.74, 6) is -0.554. The lowest BCUT2D eigenvalue weighted by atomic mass is 10.1. The summed E-state index contributed by atoms with van der Waals surface area (Å²) in [5.41, 5.74) is 0.780. The average molecular weight is 422 g/mol. The van der Waals surface area contributed by atoms with E-state index >= 15 is 0 Å². The van der Waals surface area contributed by atoms with Crippen LogP contribution in [0.4, 0.5) is 5.69 Å². The maximum Gasteiger partial charge on any atom is 0.286 e. The van der Waals surface area contributed by atoms with E-state index in [0.717, 1.165) is 31.4 Å². The summed E-state index contributed by atoms with van der Waals surface area (Å²) in [6.45, 7) is 0. The second-order valence-corrected chi connectivity index (χ2v) is 8.84. The smallest absolute Gasteiger partial charge is 0.286 e. The van der Waals surface area contributed by atoms with Crippen molar-refractivity contribution in [1.29, 1.82) is 0 Å². The molecule has 1 aliphatic heterocycles. The number of hydrogen-bond donors (Lipinski definition) is 2. The Morgan fingerprint density at radius 3 is 2.53 bits per heavy atom. The fourth-order valence-electron chi connectivity index (χ4n) is 3.87. The number of hydrogen-bond acceptors (Lipinski definition) is 6. The van der Waals surface area contributed by atoms with Crippen LogP contribution in [0.1, 0.15) is 31.2 Å². The minimum Gasteiger partial charge on any atom is -0.506 e. The van der Waals surface area contributed by atoms with Crippen molar-refractivity contribution in [1.82, 2.24) is 4.68 Å². The quantitative estimate of drug-likeness (QED) is 0.659. The lowest BCUT2D eigenvalue weighted by molar-refractivity contribution is 0.478. The molecule has 0 atom stereocenters. The highest BCUT2D eigenvalue weighted by Gasteiger charge is 2.29. The molecule has 2 heterocycles. The van der Waals surface area contributed by atoms with E-state index in [4.69, 9.17) is 0 Å². The largest absolute Gasteiger partial charge is 0.506 e. The second kappa shape index (κ2) is 6.81. The van der Waals surface area contributed by atoms with Crippen LogP contribution in [0.5, 0.6) is 5.75 Å². The van der Waals surface area contributed by atoms with E-state index < -0.39 is 15.6 Å². The predicted octanol–water partition coefficient (Wildman–Crippen LogP) is 3.05. The Hall–Kier alpha value is -3.46. The van der Waals surface area contributed by atoms with Gasteiger partial charge in [-0.1, -0.05) is 24.3 Å². The molecule has 0 radical (unpaired) electrons. The molecule has 0 unspecified atom stereocenters. The van der Waals surface area contributed by atoms with Crippen LogP contribution in [-0.2, 0) is 10.0 Å². The fourth-order valence-corrected chi connectivity index (χ4v) is 4.99. The normalized spacial score (nSPS) is 17.3. The molecule has 8 nitrogen and oxygen atoms in total. The molecule has 5 rings (SSSR count). The number of nitrogens with one attached hydrogen (secondary N) is 1. The van der Waals surface area contributed by atoms with Crippen LogP contribution in [0.2, 0.25) is 0 Å². The van der Waals surface area contributed by atoms with Crippen LogP contribution in [0.15, 0.2) is 67.7 Å². The van der Waals surface area contributed by atoms with Crippen LogP contribution in [0.3, 0.4) is 0 Å². The first-order valence-corrected chi connectivity index (χ1v) is 11.0. The van der Waals surface area contributed by atoms with Crippen LogP contribution in [0, 0.1) is 0 Å². The average Bonchev–Trinajstić information content (AvgIpc) is 3.24. The summed E-state index contributed by atoms with van der Waals surface area (Å²) in [6.07, 6.45) is 3.63. The maximum absolute atomic E-state index is 13.4. The van der Waals surface area contributed by atoms with Crippen molar-refractivity contribution >= 4 is 38.2 Å². The Morgan fingerprint density at radius 1 is 1.03 bits per heavy atom. The van der Waals surface area contributed by atoms with Crippen LogP contribution < -0.4 is 10.9 Å². The number of rotatable bonds is 2. The summed E-state index contributed by atoms with van der Waals surface area (Å²) in [4.78, 5) is 13.4. The molecule has 0 bridgehead atoms. The number of aromatic hydroxyl groups is 1. The van der Waals surface area contributed by atoms with Gasteiger partial charge in [-0.05, 0) is 49.9 Å². The molecule has 0 saturated heterocycles. The predicted molar refractivity (Wildman–Crippen MR) is 115 cm³/mol. The monoisotopic (exact) mass is 422 g/mol. The third-order valence-corrected chi connectivity index (χ3v) is 6.65. The summed E-state index contributed by atoms with van der Waals surface area (Å²) < 4.78 is 30.3. The van der Waals surface area contributed by atoms with Crippen molar-refractivity contribution in [3.63, 3.8) is 0 Å². The first kappa shape index (κ1) is 18.6. The van der Waals surface area contributed by atoms with Gasteiger partial charge in [0.2, 0.25) is 0 Å². The summed E-state index contributed by atoms with van der Waals surface area (Å²) in [5, 5.41) is 18.7. The molecule has 1 saturated carbocycles. The second-order valence-electron chi connectivity index (χ2n) is 7.27. The van der Waals surface area contributed by atoms with Gasteiger partial charge in [0.1, 0.15) is 16.2 Å². The van der Waals surface area contributed by atoms with E-state index in [1.807, 2.05) is 0 Å². The van der Waals surface area contributed by atoms with Crippen molar-refractivity contribution in [2.45, 2.75) is 30.6 Å². The van der Waals surface area contributed by atoms with E-state index in [2.05, 4.69) is 14.8 Å². The zero-order chi connectivity index (χ0) is 20.9. The maximum atomic E-state index is 13.4. The molecule has 0 amide bonds. The number of benzene rings is 2. The van der Waals surface area contributed by atoms with Gasteiger partial charge in [0.15, 0.2) is 5.84 Å². The topological polar surface area (TPSA) is 113 Å². The van der Waals surface area contributed by atoms with Crippen molar-refractivity contribution in [3.05, 3.63) is 64.4 Å². The van der Waals surface area contributed by atoms with E-state index in [1.54, 1.807) is 42.5 Å². The molecular weight excluding hydrogens is 404 g/mol. The third-order valence-electron chi connectivity index (χ3n) is 5.32. The Balaban J connectivity index is 1.80. The molecule has 9 heteroatoms. The standard InChI is InChI=1S/C21H18N4O4S/c26-19-14-9-3-5-11-16(14)25(23-13-7-1-2-8-13)21(27)18(19)20-22-15-10-4-6-12-17(15)30(28,29)24-20/h3-6,9-12,26H,1-2,7-8H2,(H,22,24). The molecule has 2 N–H and O–H groups in total. The van der Waals surface area contributed by atoms with Crippen LogP contribution in [-0.4, -0.2) is 29.7 Å². The van der Waals surface area contributed by atoms with E-state index in [1.165, 1.54) is 10.7 Å². The molecule has 3 aromatic rings. The van der Waals surface area contributed by atoms with Gasteiger partial charge < -0.3 is 10.4 Å². The summed E-state index contributed by atoms with van der Waals surface area (Å²) in [7, 11) is -4.03. The molecule has 152 valence electrons. The SMILES string of the molecule is O=c1c(C2=NS(=O)(=O)c3ccccc3N2)c(O)c2ccccc2n1N=C1CCCC1. The van der Waals surface area contributed by atoms with Gasteiger partial charge in [-0.3, -0.25) is 4.79 Å². The highest BCUT2D eigenvalue weighted by Crippen LogP contribution is 2.32. The number of anilines is 1. The zero-order valence-electron chi connectivity index (χ0n) is 15.9. The number of aromatic nitrogens is 1. The van der Waals surface area contributed by atoms with Crippen molar-refractivity contribution in [2.75, 3.05) is 5.32 Å². The molecule has 1 aromatic heterocycles. The van der Waals surface area contributed by atoms with E-state index in [9.17, 15) is 18.3 Å². The fraction of sp³-hybridized carbons (Fsp3) is 0.190. The van der Waals surface area contributed by atoms with Gasteiger partial charge in [-0.25, -0.2) is 0 Å². The van der Waals surface area contributed by atoms with Gasteiger partial charge in [-0.15, -0.1) is 4.40 Å². The molecule has 1 aliphatic carbocycles. The highest BCUT2D eigenvalue weighted by molar-refractivity contribution is 7.90. The Labute approximate surface area is 172 Å². The Bertz CT molecular complexity index is 1410. The molecule has 1 fully saturated rings. The van der Waals surface area contributed by atoms with Crippen LogP contribution in [0.25, 0.3) is 10.9 Å². The minimum absolute atomic E-state index is 0.0144. The van der Waals surface area contributed by atoms with Crippen molar-refractivity contribution < 1.29 is 13.5 Å². The number of para-hydroxylation sites is 2. The van der Waals surface area contributed by atoms with E-state index in [0.29, 0.717) is 16.6 Å². The minimum atomic E-state index is -4.03. The summed E-state index contributed by atoms with van der Waals surface area (Å²) >= 11 is 0. The van der Waals surface area contributed by atoms with Gasteiger partial charge in [0.05, 0.1) is 11.2 Å². The number of amidine groups is 1. The van der Waals surface area contributed by atoms with Crippen molar-refractivity contribution in [3.8, 4) is 5.75 Å². The molecule has 2 aliphatic rings. The Kier molecular flexibility index (Phi) is 4.21. The lowest BCUT2D eigenvalue weighted by Crippen LogP contribution is -2.31. The van der Waals surface area contributed by atoms with Crippen LogP contribution >= 0.6 is 0 Å². The molecule has 0 spiro atoms. The van der Waals surface area contributed by atoms with E-state index in [-0.39, 0.29) is 22.0 Å². The molecular formula is C21H18N4O4S. The lowest BCUT2D eigenvalue weighted by Gasteiger charge is -2.19. The van der Waals surface area contributed by atoms with Gasteiger partial charge >= 0.3 is 0 Å². The summed E-state index contributed by atoms with van der Waals surface area (Å²) in [6, 6.07) is 13.1. The highest BCUT2D eigenvalue weighted by atomic mass is 32.2. The molecule has 2 aromatic carbocycles. The third kappa shape index (κ3) is 2.89. The van der Waals surface area contributed by atoms with Crippen molar-refractivity contribution in [2.24, 2.45) is 9.50 Å². The first-order chi connectivity index (χ1) is 14.5. The number of pyridine rings is 1. The number of sulfonamides is 1. The first-order valence-electron chi connectivity index (χ1n) is 9.60. The zero-order valence-corrected chi connectivity index (χ0v) is 16.7. The van der Waals surface area contributed by atoms with Gasteiger partial charge in [0, 0.05) is 11.1 Å². The number of fused-ring (bicyclic) bond motifs is 2. The molecule has 30 heavy (non-hydrogen) atoms. The number of nitrogens with zero attached hydrogens (tertiary/aromatic N) is 3. The van der Waals surface area contributed by atoms with Gasteiger partial charge in [0.25, 0.3) is 15.6 Å².